The molecule has 0 aliphatic rings. The number of carbonyl (C=O) groups is 2. The van der Waals surface area contributed by atoms with Crippen LogP contribution in [0.25, 0.3) is 0 Å². The van der Waals surface area contributed by atoms with Crippen LogP contribution in [0.2, 0.25) is 0 Å². The van der Waals surface area contributed by atoms with Crippen molar-refractivity contribution in [2.75, 3.05) is 6.61 Å². The fraction of sp³-hybridized carbons (Fsp3) is 0.500. The Balaban J connectivity index is 2.25. The number of carboxylic acids is 1. The lowest BCUT2D eigenvalue weighted by atomic mass is 10.1. The minimum absolute atomic E-state index is 0.171. The van der Waals surface area contributed by atoms with Crippen LogP contribution < -0.4 is 4.74 Å². The molecule has 0 atom stereocenters. The zero-order chi connectivity index (χ0) is 14.8. The van der Waals surface area contributed by atoms with E-state index in [0.717, 1.165) is 12.8 Å². The van der Waals surface area contributed by atoms with Crippen LogP contribution in [0.15, 0.2) is 24.3 Å². The van der Waals surface area contributed by atoms with E-state index in [2.05, 4.69) is 6.92 Å². The summed E-state index contributed by atoms with van der Waals surface area (Å²) >= 11 is 0. The molecule has 4 heteroatoms. The molecule has 0 aliphatic carbocycles. The van der Waals surface area contributed by atoms with Crippen molar-refractivity contribution in [3.8, 4) is 5.75 Å². The zero-order valence-electron chi connectivity index (χ0n) is 11.9. The smallest absolute Gasteiger partial charge is 0.377 e. The van der Waals surface area contributed by atoms with E-state index in [-0.39, 0.29) is 5.56 Å². The summed E-state index contributed by atoms with van der Waals surface area (Å²) in [5.41, 5.74) is 0.171. The van der Waals surface area contributed by atoms with Crippen LogP contribution in [0.5, 0.6) is 5.75 Å². The van der Waals surface area contributed by atoms with Crippen molar-refractivity contribution in [1.82, 2.24) is 0 Å². The molecule has 0 unspecified atom stereocenters. The quantitative estimate of drug-likeness (QED) is 0.403. The van der Waals surface area contributed by atoms with Crippen molar-refractivity contribution in [2.24, 2.45) is 0 Å². The third-order valence-corrected chi connectivity index (χ3v) is 3.08. The molecule has 0 radical (unpaired) electrons. The molecule has 1 aromatic rings. The fourth-order valence-electron chi connectivity index (χ4n) is 1.90. The van der Waals surface area contributed by atoms with Crippen molar-refractivity contribution >= 4 is 11.8 Å². The first-order valence-electron chi connectivity index (χ1n) is 7.15. The highest BCUT2D eigenvalue weighted by atomic mass is 16.5. The Bertz CT molecular complexity index is 423. The molecule has 0 bridgehead atoms. The summed E-state index contributed by atoms with van der Waals surface area (Å²) in [5.74, 6) is -1.67. The van der Waals surface area contributed by atoms with Gasteiger partial charge in [0.05, 0.1) is 6.61 Å². The molecule has 0 fully saturated rings. The van der Waals surface area contributed by atoms with Gasteiger partial charge in [0.15, 0.2) is 0 Å². The standard InChI is InChI=1S/C16H22O4/c1-2-3-4-5-6-7-12-20-14-10-8-13(9-11-14)15(17)16(18)19/h8-11H,2-7,12H2,1H3,(H,18,19). The highest BCUT2D eigenvalue weighted by Gasteiger charge is 2.13. The summed E-state index contributed by atoms with van der Waals surface area (Å²) in [6, 6.07) is 6.22. The summed E-state index contributed by atoms with van der Waals surface area (Å²) in [4.78, 5) is 21.7. The molecule has 0 saturated carbocycles. The summed E-state index contributed by atoms with van der Waals surface area (Å²) in [5, 5.41) is 8.59. The van der Waals surface area contributed by atoms with E-state index >= 15 is 0 Å². The molecule has 4 nitrogen and oxygen atoms in total. The molecular formula is C16H22O4. The van der Waals surface area contributed by atoms with Crippen molar-refractivity contribution in [3.05, 3.63) is 29.8 Å². The molecule has 0 amide bonds. The predicted octanol–water partition coefficient (Wildman–Crippen LogP) is 3.69. The van der Waals surface area contributed by atoms with Crippen molar-refractivity contribution in [2.45, 2.75) is 45.4 Å². The van der Waals surface area contributed by atoms with E-state index in [9.17, 15) is 9.59 Å². The van der Waals surface area contributed by atoms with Crippen molar-refractivity contribution in [1.29, 1.82) is 0 Å². The number of ketones is 1. The molecule has 0 heterocycles. The molecule has 110 valence electrons. The van der Waals surface area contributed by atoms with E-state index in [1.165, 1.54) is 37.8 Å². The van der Waals surface area contributed by atoms with Gasteiger partial charge >= 0.3 is 5.97 Å². The Kier molecular flexibility index (Phi) is 7.40. The molecule has 20 heavy (non-hydrogen) atoms. The van der Waals surface area contributed by atoms with E-state index in [1.807, 2.05) is 0 Å². The van der Waals surface area contributed by atoms with Gasteiger partial charge in [-0.1, -0.05) is 39.0 Å². The van der Waals surface area contributed by atoms with E-state index in [1.54, 1.807) is 12.1 Å². The van der Waals surface area contributed by atoms with Crippen molar-refractivity contribution in [3.63, 3.8) is 0 Å². The van der Waals surface area contributed by atoms with Gasteiger partial charge < -0.3 is 9.84 Å². The van der Waals surface area contributed by atoms with Crippen LogP contribution in [-0.4, -0.2) is 23.5 Å². The molecule has 0 aliphatic heterocycles. The number of aliphatic carboxylic acids is 1. The molecule has 0 aromatic heterocycles. The molecule has 0 saturated heterocycles. The first-order chi connectivity index (χ1) is 9.65. The van der Waals surface area contributed by atoms with Crippen LogP contribution in [0.1, 0.15) is 55.8 Å². The molecule has 1 N–H and O–H groups in total. The monoisotopic (exact) mass is 278 g/mol. The summed E-state index contributed by atoms with van der Waals surface area (Å²) < 4.78 is 5.55. The summed E-state index contributed by atoms with van der Waals surface area (Å²) in [6.07, 6.45) is 7.23. The zero-order valence-corrected chi connectivity index (χ0v) is 11.9. The topological polar surface area (TPSA) is 63.6 Å². The number of carbonyl (C=O) groups excluding carboxylic acids is 1. The van der Waals surface area contributed by atoms with E-state index in [0.29, 0.717) is 12.4 Å². The Labute approximate surface area is 119 Å². The summed E-state index contributed by atoms with van der Waals surface area (Å²) in [7, 11) is 0. The number of hydrogen-bond acceptors (Lipinski definition) is 3. The highest BCUT2D eigenvalue weighted by molar-refractivity contribution is 6.39. The molecule has 0 spiro atoms. The number of hydrogen-bond donors (Lipinski definition) is 1. The summed E-state index contributed by atoms with van der Waals surface area (Å²) in [6.45, 7) is 2.85. The number of carboxylic acid groups (broad SMARTS) is 1. The third-order valence-electron chi connectivity index (χ3n) is 3.08. The van der Waals surface area contributed by atoms with Gasteiger partial charge in [-0.25, -0.2) is 4.79 Å². The van der Waals surface area contributed by atoms with Crippen LogP contribution in [-0.2, 0) is 4.79 Å². The van der Waals surface area contributed by atoms with E-state index in [4.69, 9.17) is 9.84 Å². The Hall–Kier alpha value is -1.84. The predicted molar refractivity (Wildman–Crippen MR) is 77.3 cm³/mol. The molecular weight excluding hydrogens is 256 g/mol. The maximum Gasteiger partial charge on any atom is 0.377 e. The Morgan fingerprint density at radius 1 is 1.00 bits per heavy atom. The van der Waals surface area contributed by atoms with Crippen molar-refractivity contribution < 1.29 is 19.4 Å². The number of benzene rings is 1. The second-order valence-corrected chi connectivity index (χ2v) is 4.77. The SMILES string of the molecule is CCCCCCCCOc1ccc(C(=O)C(=O)O)cc1. The van der Waals surface area contributed by atoms with Crippen LogP contribution in [0.3, 0.4) is 0 Å². The second-order valence-electron chi connectivity index (χ2n) is 4.77. The van der Waals surface area contributed by atoms with Gasteiger partial charge in [0.25, 0.3) is 5.78 Å². The molecule has 1 rings (SSSR count). The normalized spacial score (nSPS) is 10.2. The van der Waals surface area contributed by atoms with Crippen LogP contribution in [0, 0.1) is 0 Å². The largest absolute Gasteiger partial charge is 0.494 e. The average molecular weight is 278 g/mol. The number of ether oxygens (including phenoxy) is 1. The fourth-order valence-corrected chi connectivity index (χ4v) is 1.90. The highest BCUT2D eigenvalue weighted by Crippen LogP contribution is 2.14. The van der Waals surface area contributed by atoms with Gasteiger partial charge in [-0.3, -0.25) is 4.79 Å². The maximum atomic E-state index is 11.2. The number of rotatable bonds is 10. The number of Topliss-reactive ketones (excluding diaryl/α,β-unsaturated/α-hetero) is 1. The Morgan fingerprint density at radius 2 is 1.60 bits per heavy atom. The average Bonchev–Trinajstić information content (AvgIpc) is 2.46. The van der Waals surface area contributed by atoms with Crippen LogP contribution >= 0.6 is 0 Å². The first-order valence-corrected chi connectivity index (χ1v) is 7.15. The van der Waals surface area contributed by atoms with E-state index < -0.39 is 11.8 Å². The lowest BCUT2D eigenvalue weighted by Gasteiger charge is -2.06. The minimum atomic E-state index is -1.44. The van der Waals surface area contributed by atoms with Gasteiger partial charge in [-0.15, -0.1) is 0 Å². The first kappa shape index (κ1) is 16.2. The lowest BCUT2D eigenvalue weighted by Crippen LogP contribution is -2.12. The van der Waals surface area contributed by atoms with Gasteiger partial charge in [0.2, 0.25) is 0 Å². The van der Waals surface area contributed by atoms with Gasteiger partial charge in [0.1, 0.15) is 5.75 Å². The van der Waals surface area contributed by atoms with Crippen LogP contribution in [0.4, 0.5) is 0 Å². The molecule has 1 aromatic carbocycles. The van der Waals surface area contributed by atoms with Gasteiger partial charge in [-0.05, 0) is 30.7 Å². The third kappa shape index (κ3) is 5.87. The van der Waals surface area contributed by atoms with Gasteiger partial charge in [0, 0.05) is 5.56 Å². The lowest BCUT2D eigenvalue weighted by molar-refractivity contribution is -0.131. The minimum Gasteiger partial charge on any atom is -0.494 e. The van der Waals surface area contributed by atoms with Gasteiger partial charge in [-0.2, -0.15) is 0 Å². The Morgan fingerprint density at radius 3 is 2.20 bits per heavy atom. The maximum absolute atomic E-state index is 11.2. The number of unbranched alkanes of at least 4 members (excludes halogenated alkanes) is 5. The second kappa shape index (κ2) is 9.13.